The number of hydrogen-bond donors (Lipinski definition) is 0. The van der Waals surface area contributed by atoms with E-state index < -0.39 is 23.7 Å². The Kier molecular flexibility index (Phi) is 44.9. The van der Waals surface area contributed by atoms with Gasteiger partial charge in [0, 0.05) is 27.9 Å². The first-order valence-electron chi connectivity index (χ1n) is 35.6. The van der Waals surface area contributed by atoms with Gasteiger partial charge in [-0.3, -0.25) is 19.2 Å². The zero-order valence-corrected chi connectivity index (χ0v) is 58.9. The summed E-state index contributed by atoms with van der Waals surface area (Å²) in [5.74, 6) is 1.85. The second-order valence-corrected chi connectivity index (χ2v) is 29.0. The third-order valence-corrected chi connectivity index (χ3v) is 19.2. The molecule has 87 heavy (non-hydrogen) atoms. The highest BCUT2D eigenvalue weighted by Crippen LogP contribution is 2.45. The van der Waals surface area contributed by atoms with Gasteiger partial charge in [-0.2, -0.15) is 0 Å². The van der Waals surface area contributed by atoms with Crippen molar-refractivity contribution in [2.45, 2.75) is 281 Å². The van der Waals surface area contributed by atoms with Crippen LogP contribution >= 0.6 is 0 Å². The van der Waals surface area contributed by atoms with Crippen molar-refractivity contribution in [3.05, 3.63) is 0 Å². The van der Waals surface area contributed by atoms with Gasteiger partial charge in [0.2, 0.25) is 0 Å². The van der Waals surface area contributed by atoms with Crippen molar-refractivity contribution in [3.63, 3.8) is 0 Å². The van der Waals surface area contributed by atoms with Crippen LogP contribution in [0, 0.1) is 82.9 Å². The van der Waals surface area contributed by atoms with Gasteiger partial charge in [-0.1, -0.05) is 184 Å². The minimum Gasteiger partial charge on any atom is -0.463 e. The average Bonchev–Trinajstić information content (AvgIpc) is 3.24. The van der Waals surface area contributed by atoms with Gasteiger partial charge < -0.3 is 47.4 Å². The van der Waals surface area contributed by atoms with E-state index in [1.807, 2.05) is 27.7 Å². The average molecular weight is 1240 g/mol. The summed E-state index contributed by atoms with van der Waals surface area (Å²) >= 11 is 0. The van der Waals surface area contributed by atoms with Gasteiger partial charge in [0.05, 0.1) is 74.5 Å². The van der Waals surface area contributed by atoms with Gasteiger partial charge in [-0.15, -0.1) is 0 Å². The molecule has 2 fully saturated rings. The molecule has 15 unspecified atom stereocenters. The van der Waals surface area contributed by atoms with Crippen LogP contribution in [0.1, 0.15) is 257 Å². The molecule has 0 amide bonds. The summed E-state index contributed by atoms with van der Waals surface area (Å²) in [5, 5.41) is 0. The third kappa shape index (κ3) is 37.7. The maximum absolute atomic E-state index is 14.0. The molecular weight excluding hydrogens is 1100 g/mol. The van der Waals surface area contributed by atoms with Crippen LogP contribution in [0.15, 0.2) is 0 Å². The first kappa shape index (κ1) is 80.7. The Balaban J connectivity index is 2.01. The van der Waals surface area contributed by atoms with E-state index >= 15 is 0 Å². The zero-order chi connectivity index (χ0) is 64.5. The summed E-state index contributed by atoms with van der Waals surface area (Å²) in [5.41, 5.74) is 0. The lowest BCUT2D eigenvalue weighted by molar-refractivity contribution is -0.168. The number of esters is 4. The van der Waals surface area contributed by atoms with E-state index in [-0.39, 0.29) is 80.6 Å². The molecule has 0 aliphatic heterocycles. The van der Waals surface area contributed by atoms with Crippen LogP contribution in [0.2, 0.25) is 0 Å². The first-order valence-corrected chi connectivity index (χ1v) is 35.6. The molecule has 2 aliphatic carbocycles. The molecule has 0 bridgehead atoms. The predicted octanol–water partition coefficient (Wildman–Crippen LogP) is 16.7. The van der Waals surface area contributed by atoms with Crippen molar-refractivity contribution in [2.24, 2.45) is 82.9 Å². The lowest BCUT2D eigenvalue weighted by atomic mass is 9.64. The van der Waals surface area contributed by atoms with E-state index in [9.17, 15) is 19.2 Å². The highest BCUT2D eigenvalue weighted by molar-refractivity contribution is 5.83. The predicted molar refractivity (Wildman–Crippen MR) is 350 cm³/mol. The Hall–Kier alpha value is -2.36. The lowest BCUT2D eigenvalue weighted by Gasteiger charge is -2.40. The molecule has 0 radical (unpaired) electrons. The summed E-state index contributed by atoms with van der Waals surface area (Å²) in [6.45, 7) is 31.3. The van der Waals surface area contributed by atoms with Gasteiger partial charge in [0.1, 0.15) is 26.4 Å². The largest absolute Gasteiger partial charge is 0.463 e. The molecule has 0 aromatic heterocycles. The van der Waals surface area contributed by atoms with Gasteiger partial charge in [0.15, 0.2) is 0 Å². The fourth-order valence-corrected chi connectivity index (χ4v) is 13.4. The Morgan fingerprint density at radius 2 is 0.793 bits per heavy atom. The van der Waals surface area contributed by atoms with Crippen LogP contribution < -0.4 is 0 Å². The van der Waals surface area contributed by atoms with Crippen molar-refractivity contribution in [2.75, 3.05) is 80.8 Å². The third-order valence-electron chi connectivity index (χ3n) is 19.2. The fraction of sp³-hybridized carbons (Fsp3) is 0.945. The van der Waals surface area contributed by atoms with Crippen LogP contribution in [-0.4, -0.2) is 129 Å². The molecule has 0 heterocycles. The van der Waals surface area contributed by atoms with Crippen molar-refractivity contribution in [3.8, 4) is 0 Å². The molecule has 0 spiro atoms. The SMILES string of the molecule is COCCOC(=O)C1CC(CCCC(C)CCCC(C)C)CC(CCC(C)CCCC(CCCC(C)C)CCOC(C)COC(C)COC(=O)C2CC(CCCC(C)CCCC(C)C)CCC2C(=O)OCC(C)OCC(C)OC)C1C(=O)OCCOC. The summed E-state index contributed by atoms with van der Waals surface area (Å²) in [6, 6.07) is 0. The molecule has 2 aliphatic rings. The molecule has 2 rings (SSSR count). The molecular formula is C73H136O14. The molecule has 0 N–H and O–H groups in total. The highest BCUT2D eigenvalue weighted by atomic mass is 16.6. The van der Waals surface area contributed by atoms with Crippen LogP contribution in [-0.2, 0) is 66.5 Å². The molecule has 2 saturated carbocycles. The standard InChI is InChI=1S/C73H136O14/c1-52(2)23-17-26-55(7)28-21-33-63-36-38-66(70(74)86-50-60(12)84-48-58(10)80-16)67(46-63)71(75)87-51-61(13)85-49-59(11)81-40-39-62(31-19-25-54(5)6)32-20-30-57(9)35-37-65-45-64(34-22-29-56(8)27-18-24-53(3)4)47-68(72(76)82-43-41-78-14)69(65)73(77)83-44-42-79-15/h52-69H,17-51H2,1-16H3. The number of rotatable bonds is 52. The Morgan fingerprint density at radius 3 is 1.32 bits per heavy atom. The maximum atomic E-state index is 14.0. The molecule has 512 valence electrons. The molecule has 15 atom stereocenters. The van der Waals surface area contributed by atoms with Crippen LogP contribution in [0.5, 0.6) is 0 Å². The van der Waals surface area contributed by atoms with Gasteiger partial charge in [-0.25, -0.2) is 0 Å². The van der Waals surface area contributed by atoms with Crippen LogP contribution in [0.25, 0.3) is 0 Å². The number of methoxy groups -OCH3 is 3. The van der Waals surface area contributed by atoms with E-state index in [0.717, 1.165) is 88.9 Å². The Labute approximate surface area is 533 Å². The molecule has 14 heteroatoms. The quantitative estimate of drug-likeness (QED) is 0.0321. The summed E-state index contributed by atoms with van der Waals surface area (Å²) in [4.78, 5) is 55.5. The second-order valence-electron chi connectivity index (χ2n) is 29.0. The number of carbonyl (C=O) groups excluding carboxylic acids is 4. The molecule has 0 aromatic carbocycles. The second kappa shape index (κ2) is 48.4. The van der Waals surface area contributed by atoms with Gasteiger partial charge in [0.25, 0.3) is 0 Å². The first-order chi connectivity index (χ1) is 41.6. The number of ether oxygens (including phenoxy) is 10. The molecule has 14 nitrogen and oxygen atoms in total. The number of carbonyl (C=O) groups is 4. The minimum atomic E-state index is -0.557. The lowest BCUT2D eigenvalue weighted by Crippen LogP contribution is -2.43. The van der Waals surface area contributed by atoms with E-state index in [1.165, 1.54) is 70.6 Å². The maximum Gasteiger partial charge on any atom is 0.310 e. The zero-order valence-electron chi connectivity index (χ0n) is 58.9. The van der Waals surface area contributed by atoms with Gasteiger partial charge in [-0.05, 0) is 132 Å². The monoisotopic (exact) mass is 1240 g/mol. The van der Waals surface area contributed by atoms with Gasteiger partial charge >= 0.3 is 23.9 Å². The number of hydrogen-bond acceptors (Lipinski definition) is 14. The van der Waals surface area contributed by atoms with E-state index in [1.54, 1.807) is 21.3 Å². The Bertz CT molecular complexity index is 1740. The van der Waals surface area contributed by atoms with E-state index in [2.05, 4.69) is 62.3 Å². The highest BCUT2D eigenvalue weighted by Gasteiger charge is 2.47. The van der Waals surface area contributed by atoms with Crippen molar-refractivity contribution in [1.29, 1.82) is 0 Å². The van der Waals surface area contributed by atoms with Crippen molar-refractivity contribution < 1.29 is 66.5 Å². The molecule has 0 saturated heterocycles. The fourth-order valence-electron chi connectivity index (χ4n) is 13.4. The smallest absolute Gasteiger partial charge is 0.310 e. The minimum absolute atomic E-state index is 0.0454. The summed E-state index contributed by atoms with van der Waals surface area (Å²) < 4.78 is 57.6. The Morgan fingerprint density at radius 1 is 0.356 bits per heavy atom. The topological polar surface area (TPSA) is 161 Å². The molecule has 0 aromatic rings. The van der Waals surface area contributed by atoms with Crippen LogP contribution in [0.3, 0.4) is 0 Å². The summed E-state index contributed by atoms with van der Waals surface area (Å²) in [6.07, 6.45) is 27.1. The van der Waals surface area contributed by atoms with Crippen molar-refractivity contribution in [1.82, 2.24) is 0 Å². The van der Waals surface area contributed by atoms with Crippen LogP contribution in [0.4, 0.5) is 0 Å². The normalized spacial score (nSPS) is 22.8. The van der Waals surface area contributed by atoms with Crippen molar-refractivity contribution >= 4 is 23.9 Å². The summed E-state index contributed by atoms with van der Waals surface area (Å²) in [7, 11) is 4.84. The van der Waals surface area contributed by atoms with E-state index in [0.29, 0.717) is 93.7 Å². The van der Waals surface area contributed by atoms with E-state index in [4.69, 9.17) is 47.4 Å².